The van der Waals surface area contributed by atoms with E-state index in [0.29, 0.717) is 28.1 Å². The van der Waals surface area contributed by atoms with Gasteiger partial charge in [0.2, 0.25) is 5.91 Å². The zero-order valence-corrected chi connectivity index (χ0v) is 14.2. The van der Waals surface area contributed by atoms with Gasteiger partial charge in [0.1, 0.15) is 0 Å². The summed E-state index contributed by atoms with van der Waals surface area (Å²) >= 11 is 11.8. The van der Waals surface area contributed by atoms with Crippen LogP contribution in [0.25, 0.3) is 0 Å². The summed E-state index contributed by atoms with van der Waals surface area (Å²) in [5.74, 6) is 0.331. The topological polar surface area (TPSA) is 52.6 Å². The number of amides is 1. The van der Waals surface area contributed by atoms with Crippen LogP contribution in [0.3, 0.4) is 0 Å². The molecule has 1 aliphatic heterocycles. The van der Waals surface area contributed by atoms with Crippen molar-refractivity contribution in [3.05, 3.63) is 33.8 Å². The normalized spacial score (nSPS) is 20.6. The van der Waals surface area contributed by atoms with Crippen molar-refractivity contribution < 1.29 is 9.90 Å². The highest BCUT2D eigenvalue weighted by molar-refractivity contribution is 6.34. The van der Waals surface area contributed by atoms with Crippen molar-refractivity contribution in [2.75, 3.05) is 26.7 Å². The number of likely N-dealkylation sites (tertiary alicyclic amines) is 1. The molecule has 1 heterocycles. The van der Waals surface area contributed by atoms with E-state index in [1.165, 1.54) is 6.42 Å². The maximum absolute atomic E-state index is 12.0. The minimum absolute atomic E-state index is 0.0131. The molecule has 0 radical (unpaired) electrons. The number of nitrogens with one attached hydrogen (secondary N) is 1. The monoisotopic (exact) mass is 344 g/mol. The Labute approximate surface area is 141 Å². The van der Waals surface area contributed by atoms with Crippen LogP contribution in [-0.4, -0.2) is 42.6 Å². The van der Waals surface area contributed by atoms with Gasteiger partial charge in [0.25, 0.3) is 0 Å². The van der Waals surface area contributed by atoms with Crippen LogP contribution in [0.15, 0.2) is 18.2 Å². The average Bonchev–Trinajstić information content (AvgIpc) is 2.44. The number of aliphatic hydroxyl groups excluding tert-OH is 1. The molecule has 2 rings (SSSR count). The highest BCUT2D eigenvalue weighted by Crippen LogP contribution is 2.25. The van der Waals surface area contributed by atoms with E-state index in [1.807, 2.05) is 0 Å². The molecule has 0 saturated carbocycles. The van der Waals surface area contributed by atoms with Gasteiger partial charge in [-0.3, -0.25) is 4.79 Å². The maximum Gasteiger partial charge on any atom is 0.222 e. The predicted octanol–water partition coefficient (Wildman–Crippen LogP) is 2.87. The van der Waals surface area contributed by atoms with Gasteiger partial charge in [-0.15, -0.1) is 0 Å². The van der Waals surface area contributed by atoms with Crippen molar-refractivity contribution in [3.8, 4) is 0 Å². The summed E-state index contributed by atoms with van der Waals surface area (Å²) in [4.78, 5) is 14.3. The Morgan fingerprint density at radius 3 is 2.73 bits per heavy atom. The SMILES string of the molecule is CN1CCCC(CNC(=O)CC(O)c2cc(Cl)cc(Cl)c2)C1. The van der Waals surface area contributed by atoms with Crippen LogP contribution in [-0.2, 0) is 4.79 Å². The molecule has 1 aromatic rings. The number of halogens is 2. The number of nitrogens with zero attached hydrogens (tertiary/aromatic N) is 1. The number of carbonyl (C=O) groups is 1. The number of hydrogen-bond donors (Lipinski definition) is 2. The summed E-state index contributed by atoms with van der Waals surface area (Å²) in [6.07, 6.45) is 1.42. The van der Waals surface area contributed by atoms with E-state index in [9.17, 15) is 9.90 Å². The lowest BCUT2D eigenvalue weighted by molar-refractivity contribution is -0.123. The molecule has 2 N–H and O–H groups in total. The standard InChI is InChI=1S/C16H22Cl2N2O2/c1-20-4-2-3-11(10-20)9-19-16(22)8-15(21)12-5-13(17)7-14(18)6-12/h5-7,11,15,21H,2-4,8-10H2,1H3,(H,19,22). The Bertz CT molecular complexity index is 505. The Balaban J connectivity index is 1.81. The summed E-state index contributed by atoms with van der Waals surface area (Å²) in [5, 5.41) is 13.9. The van der Waals surface area contributed by atoms with Gasteiger partial charge >= 0.3 is 0 Å². The molecule has 0 spiro atoms. The van der Waals surface area contributed by atoms with Crippen molar-refractivity contribution in [1.82, 2.24) is 10.2 Å². The van der Waals surface area contributed by atoms with Crippen molar-refractivity contribution in [1.29, 1.82) is 0 Å². The van der Waals surface area contributed by atoms with Crippen LogP contribution in [0.4, 0.5) is 0 Å². The van der Waals surface area contributed by atoms with Gasteiger partial charge < -0.3 is 15.3 Å². The van der Waals surface area contributed by atoms with E-state index in [4.69, 9.17) is 23.2 Å². The van der Waals surface area contributed by atoms with Gasteiger partial charge in [0.05, 0.1) is 12.5 Å². The molecule has 2 unspecified atom stereocenters. The Morgan fingerprint density at radius 2 is 2.09 bits per heavy atom. The Kier molecular flexibility index (Phi) is 6.50. The third-order valence-corrected chi connectivity index (χ3v) is 4.39. The first kappa shape index (κ1) is 17.5. The zero-order valence-electron chi connectivity index (χ0n) is 12.7. The van der Waals surface area contributed by atoms with Gasteiger partial charge in [-0.1, -0.05) is 23.2 Å². The fourth-order valence-corrected chi connectivity index (χ4v) is 3.37. The van der Waals surface area contributed by atoms with Crippen LogP contribution in [0.1, 0.15) is 30.9 Å². The second-order valence-corrected chi connectivity index (χ2v) is 6.87. The third kappa shape index (κ3) is 5.43. The molecule has 0 aliphatic carbocycles. The van der Waals surface area contributed by atoms with Gasteiger partial charge in [0, 0.05) is 23.1 Å². The van der Waals surface area contributed by atoms with Crippen molar-refractivity contribution in [2.45, 2.75) is 25.4 Å². The molecule has 0 bridgehead atoms. The summed E-state index contributed by atoms with van der Waals surface area (Å²) in [7, 11) is 2.10. The second kappa shape index (κ2) is 8.16. The summed E-state index contributed by atoms with van der Waals surface area (Å²) in [5.41, 5.74) is 0.560. The van der Waals surface area contributed by atoms with E-state index in [1.54, 1.807) is 18.2 Å². The number of aliphatic hydroxyl groups is 1. The molecule has 122 valence electrons. The first-order chi connectivity index (χ1) is 10.4. The van der Waals surface area contributed by atoms with Gasteiger partial charge in [0.15, 0.2) is 0 Å². The molecule has 2 atom stereocenters. The average molecular weight is 345 g/mol. The lowest BCUT2D eigenvalue weighted by Crippen LogP contribution is -2.39. The van der Waals surface area contributed by atoms with Gasteiger partial charge in [-0.25, -0.2) is 0 Å². The Hall–Kier alpha value is -0.810. The van der Waals surface area contributed by atoms with E-state index in [0.717, 1.165) is 19.5 Å². The smallest absolute Gasteiger partial charge is 0.222 e. The zero-order chi connectivity index (χ0) is 16.1. The molecule has 22 heavy (non-hydrogen) atoms. The van der Waals surface area contributed by atoms with E-state index >= 15 is 0 Å². The number of carbonyl (C=O) groups excluding carboxylic acids is 1. The van der Waals surface area contributed by atoms with Crippen LogP contribution in [0.5, 0.6) is 0 Å². The molecular weight excluding hydrogens is 323 g/mol. The van der Waals surface area contributed by atoms with Crippen molar-refractivity contribution in [2.24, 2.45) is 5.92 Å². The highest BCUT2D eigenvalue weighted by atomic mass is 35.5. The number of hydrogen-bond acceptors (Lipinski definition) is 3. The molecular formula is C16H22Cl2N2O2. The third-order valence-electron chi connectivity index (χ3n) is 3.96. The number of rotatable bonds is 5. The van der Waals surface area contributed by atoms with Crippen LogP contribution in [0, 0.1) is 5.92 Å². The Morgan fingerprint density at radius 1 is 1.41 bits per heavy atom. The van der Waals surface area contributed by atoms with Crippen LogP contribution in [0.2, 0.25) is 10.0 Å². The largest absolute Gasteiger partial charge is 0.388 e. The second-order valence-electron chi connectivity index (χ2n) is 6.00. The van der Waals surface area contributed by atoms with E-state index < -0.39 is 6.10 Å². The lowest BCUT2D eigenvalue weighted by Gasteiger charge is -2.29. The fraction of sp³-hybridized carbons (Fsp3) is 0.562. The summed E-state index contributed by atoms with van der Waals surface area (Å²) in [6, 6.07) is 4.85. The minimum atomic E-state index is -0.898. The molecule has 1 saturated heterocycles. The van der Waals surface area contributed by atoms with Gasteiger partial charge in [-0.2, -0.15) is 0 Å². The minimum Gasteiger partial charge on any atom is -0.388 e. The molecule has 6 heteroatoms. The van der Waals surface area contributed by atoms with Crippen molar-refractivity contribution >= 4 is 29.1 Å². The molecule has 0 aromatic heterocycles. The fourth-order valence-electron chi connectivity index (χ4n) is 2.83. The van der Waals surface area contributed by atoms with Gasteiger partial charge in [-0.05, 0) is 56.1 Å². The lowest BCUT2D eigenvalue weighted by atomic mass is 9.98. The number of piperidine rings is 1. The number of benzene rings is 1. The molecule has 4 nitrogen and oxygen atoms in total. The van der Waals surface area contributed by atoms with Crippen LogP contribution >= 0.6 is 23.2 Å². The summed E-state index contributed by atoms with van der Waals surface area (Å²) < 4.78 is 0. The molecule has 1 amide bonds. The molecule has 1 fully saturated rings. The molecule has 1 aromatic carbocycles. The molecule has 1 aliphatic rings. The highest BCUT2D eigenvalue weighted by Gasteiger charge is 2.19. The maximum atomic E-state index is 12.0. The summed E-state index contributed by atoms with van der Waals surface area (Å²) in [6.45, 7) is 2.79. The van der Waals surface area contributed by atoms with Crippen LogP contribution < -0.4 is 5.32 Å². The van der Waals surface area contributed by atoms with E-state index in [-0.39, 0.29) is 12.3 Å². The first-order valence-corrected chi connectivity index (χ1v) is 8.29. The quantitative estimate of drug-likeness (QED) is 0.863. The van der Waals surface area contributed by atoms with E-state index in [2.05, 4.69) is 17.3 Å². The van der Waals surface area contributed by atoms with Crippen molar-refractivity contribution in [3.63, 3.8) is 0 Å². The first-order valence-electron chi connectivity index (χ1n) is 7.53. The predicted molar refractivity (Wildman–Crippen MR) is 89.3 cm³/mol.